The fourth-order valence-electron chi connectivity index (χ4n) is 4.45. The highest BCUT2D eigenvalue weighted by molar-refractivity contribution is 7.90. The minimum absolute atomic E-state index is 0.00625. The van der Waals surface area contributed by atoms with Crippen molar-refractivity contribution in [2.24, 2.45) is 5.92 Å². The number of hydrogen-bond donors (Lipinski definition) is 0. The standard InChI is InChI=1S/C25H38N4O5S/c1-27(2)12-13-28(24(30)21-9-5-6-10-21)18-22-17-26-25(29(22)14-15-33-3)35(31,32)19-20-8-7-11-23(16-20)34-4/h7-8,11,16-17,21H,5-6,9-10,12-15,18-19H2,1-4H3. The van der Waals surface area contributed by atoms with Gasteiger partial charge in [0, 0.05) is 32.7 Å². The monoisotopic (exact) mass is 506 g/mol. The van der Waals surface area contributed by atoms with Crippen LogP contribution < -0.4 is 4.74 Å². The highest BCUT2D eigenvalue weighted by Gasteiger charge is 2.30. The van der Waals surface area contributed by atoms with Gasteiger partial charge in [-0.25, -0.2) is 13.4 Å². The van der Waals surface area contributed by atoms with E-state index in [0.29, 0.717) is 43.2 Å². The summed E-state index contributed by atoms with van der Waals surface area (Å²) in [6.07, 6.45) is 5.58. The van der Waals surface area contributed by atoms with Crippen molar-refractivity contribution in [2.45, 2.75) is 49.7 Å². The van der Waals surface area contributed by atoms with Crippen LogP contribution >= 0.6 is 0 Å². The van der Waals surface area contributed by atoms with Crippen molar-refractivity contribution in [1.29, 1.82) is 0 Å². The van der Waals surface area contributed by atoms with Gasteiger partial charge < -0.3 is 23.8 Å². The summed E-state index contributed by atoms with van der Waals surface area (Å²) < 4.78 is 38.9. The molecule has 0 spiro atoms. The predicted molar refractivity (Wildman–Crippen MR) is 134 cm³/mol. The summed E-state index contributed by atoms with van der Waals surface area (Å²) in [6.45, 7) is 2.28. The SMILES string of the molecule is COCCn1c(CN(CCN(C)C)C(=O)C2CCCC2)cnc1S(=O)(=O)Cc1cccc(OC)c1. The molecule has 1 aromatic heterocycles. The number of methoxy groups -OCH3 is 2. The zero-order valence-electron chi connectivity index (χ0n) is 21.3. The number of likely N-dealkylation sites (N-methyl/N-ethyl adjacent to an activating group) is 1. The number of sulfone groups is 1. The molecular formula is C25H38N4O5S. The largest absolute Gasteiger partial charge is 0.497 e. The fourth-order valence-corrected chi connectivity index (χ4v) is 5.95. The molecule has 1 heterocycles. The Balaban J connectivity index is 1.89. The fraction of sp³-hybridized carbons (Fsp3) is 0.600. The van der Waals surface area contributed by atoms with Gasteiger partial charge in [0.05, 0.1) is 37.9 Å². The van der Waals surface area contributed by atoms with Gasteiger partial charge in [0.1, 0.15) is 5.75 Å². The lowest BCUT2D eigenvalue weighted by molar-refractivity contribution is -0.136. The summed E-state index contributed by atoms with van der Waals surface area (Å²) in [5, 5.41) is -0.00625. The van der Waals surface area contributed by atoms with Gasteiger partial charge in [0.2, 0.25) is 20.9 Å². The van der Waals surface area contributed by atoms with Gasteiger partial charge >= 0.3 is 0 Å². The molecule has 0 radical (unpaired) electrons. The smallest absolute Gasteiger partial charge is 0.228 e. The maximum absolute atomic E-state index is 13.4. The third kappa shape index (κ3) is 7.28. The number of hydrogen-bond acceptors (Lipinski definition) is 7. The second-order valence-corrected chi connectivity index (χ2v) is 11.2. The second-order valence-electron chi connectivity index (χ2n) is 9.33. The molecule has 0 unspecified atom stereocenters. The number of imidazole rings is 1. The Morgan fingerprint density at radius 1 is 1.17 bits per heavy atom. The first-order valence-electron chi connectivity index (χ1n) is 12.1. The van der Waals surface area contributed by atoms with Crippen molar-refractivity contribution in [3.05, 3.63) is 41.7 Å². The van der Waals surface area contributed by atoms with Crippen LogP contribution in [-0.2, 0) is 38.2 Å². The summed E-state index contributed by atoms with van der Waals surface area (Å²) in [5.74, 6) is 0.593. The van der Waals surface area contributed by atoms with Crippen LogP contribution in [-0.4, -0.2) is 81.7 Å². The van der Waals surface area contributed by atoms with E-state index in [2.05, 4.69) is 4.98 Å². The Morgan fingerprint density at radius 2 is 1.91 bits per heavy atom. The lowest BCUT2D eigenvalue weighted by Gasteiger charge is -2.27. The van der Waals surface area contributed by atoms with E-state index < -0.39 is 9.84 Å². The molecule has 10 heteroatoms. The lowest BCUT2D eigenvalue weighted by atomic mass is 10.1. The van der Waals surface area contributed by atoms with Crippen LogP contribution in [0.25, 0.3) is 0 Å². The number of nitrogens with zero attached hydrogens (tertiary/aromatic N) is 4. The Bertz CT molecular complexity index is 1080. The number of benzene rings is 1. The van der Waals surface area contributed by atoms with Crippen LogP contribution in [0, 0.1) is 5.92 Å². The Hall–Kier alpha value is -2.43. The minimum atomic E-state index is -3.75. The third-order valence-electron chi connectivity index (χ3n) is 6.38. The number of aromatic nitrogens is 2. The molecule has 1 aliphatic carbocycles. The Labute approximate surface area is 208 Å². The molecule has 1 aromatic carbocycles. The molecule has 0 saturated heterocycles. The van der Waals surface area contributed by atoms with Gasteiger partial charge in [-0.05, 0) is 44.6 Å². The number of ether oxygens (including phenoxy) is 2. The van der Waals surface area contributed by atoms with Crippen molar-refractivity contribution in [3.63, 3.8) is 0 Å². The van der Waals surface area contributed by atoms with Gasteiger partial charge in [0.15, 0.2) is 0 Å². The topological polar surface area (TPSA) is 94.0 Å². The lowest BCUT2D eigenvalue weighted by Crippen LogP contribution is -2.39. The predicted octanol–water partition coefficient (Wildman–Crippen LogP) is 2.59. The highest BCUT2D eigenvalue weighted by Crippen LogP contribution is 2.28. The average Bonchev–Trinajstić information content (AvgIpc) is 3.50. The van der Waals surface area contributed by atoms with Crippen molar-refractivity contribution >= 4 is 15.7 Å². The number of carbonyl (C=O) groups is 1. The van der Waals surface area contributed by atoms with Gasteiger partial charge in [-0.15, -0.1) is 0 Å². The van der Waals surface area contributed by atoms with E-state index in [1.165, 1.54) is 0 Å². The molecule has 0 bridgehead atoms. The highest BCUT2D eigenvalue weighted by atomic mass is 32.2. The van der Waals surface area contributed by atoms with E-state index >= 15 is 0 Å². The molecular weight excluding hydrogens is 468 g/mol. The first-order chi connectivity index (χ1) is 16.7. The van der Waals surface area contributed by atoms with E-state index in [0.717, 1.165) is 32.2 Å². The molecule has 0 N–H and O–H groups in total. The van der Waals surface area contributed by atoms with Crippen molar-refractivity contribution < 1.29 is 22.7 Å². The normalized spacial score (nSPS) is 14.5. The average molecular weight is 507 g/mol. The van der Waals surface area contributed by atoms with Crippen LogP contribution in [0.3, 0.4) is 0 Å². The van der Waals surface area contributed by atoms with E-state index in [-0.39, 0.29) is 22.7 Å². The number of carbonyl (C=O) groups excluding carboxylic acids is 1. The van der Waals surface area contributed by atoms with Crippen LogP contribution in [0.15, 0.2) is 35.6 Å². The van der Waals surface area contributed by atoms with Gasteiger partial charge in [-0.1, -0.05) is 25.0 Å². The molecule has 1 amide bonds. The maximum atomic E-state index is 13.4. The molecule has 1 aliphatic rings. The number of amides is 1. The van der Waals surface area contributed by atoms with E-state index in [1.54, 1.807) is 49.2 Å². The summed E-state index contributed by atoms with van der Waals surface area (Å²) in [6, 6.07) is 7.01. The first kappa shape index (κ1) is 27.2. The molecule has 2 aromatic rings. The molecule has 1 fully saturated rings. The quantitative estimate of drug-likeness (QED) is 0.412. The van der Waals surface area contributed by atoms with Gasteiger partial charge in [-0.2, -0.15) is 0 Å². The van der Waals surface area contributed by atoms with E-state index in [1.807, 2.05) is 23.9 Å². The zero-order valence-corrected chi connectivity index (χ0v) is 22.1. The van der Waals surface area contributed by atoms with Crippen LogP contribution in [0.4, 0.5) is 0 Å². The van der Waals surface area contributed by atoms with Crippen LogP contribution in [0.5, 0.6) is 5.75 Å². The summed E-state index contributed by atoms with van der Waals surface area (Å²) >= 11 is 0. The van der Waals surface area contributed by atoms with E-state index in [4.69, 9.17) is 9.47 Å². The Morgan fingerprint density at radius 3 is 2.57 bits per heavy atom. The van der Waals surface area contributed by atoms with E-state index in [9.17, 15) is 13.2 Å². The molecule has 194 valence electrons. The van der Waals surface area contributed by atoms with Crippen molar-refractivity contribution in [3.8, 4) is 5.75 Å². The Kier molecular flexibility index (Phi) is 9.71. The summed E-state index contributed by atoms with van der Waals surface area (Å²) in [4.78, 5) is 21.5. The molecule has 0 aliphatic heterocycles. The second kappa shape index (κ2) is 12.5. The van der Waals surface area contributed by atoms with Gasteiger partial charge in [0.25, 0.3) is 0 Å². The molecule has 9 nitrogen and oxygen atoms in total. The molecule has 1 saturated carbocycles. The van der Waals surface area contributed by atoms with Gasteiger partial charge in [-0.3, -0.25) is 4.79 Å². The first-order valence-corrected chi connectivity index (χ1v) is 13.7. The zero-order chi connectivity index (χ0) is 25.4. The molecule has 3 rings (SSSR count). The number of rotatable bonds is 13. The van der Waals surface area contributed by atoms with Crippen LogP contribution in [0.2, 0.25) is 0 Å². The summed E-state index contributed by atoms with van der Waals surface area (Å²) in [7, 11) is 3.33. The van der Waals surface area contributed by atoms with Crippen LogP contribution in [0.1, 0.15) is 36.9 Å². The molecule has 0 atom stereocenters. The minimum Gasteiger partial charge on any atom is -0.497 e. The third-order valence-corrected chi connectivity index (χ3v) is 7.97. The van der Waals surface area contributed by atoms with Crippen molar-refractivity contribution in [1.82, 2.24) is 19.4 Å². The maximum Gasteiger partial charge on any atom is 0.228 e. The molecule has 35 heavy (non-hydrogen) atoms. The van der Waals surface area contributed by atoms with Crippen molar-refractivity contribution in [2.75, 3.05) is 48.0 Å². The summed E-state index contributed by atoms with van der Waals surface area (Å²) in [5.41, 5.74) is 1.31.